The number of nitrogens with one attached hydrogen (secondary N) is 1. The molecule has 154 valence electrons. The number of hydrogen-bond donors (Lipinski definition) is 1. The Labute approximate surface area is 174 Å². The van der Waals surface area contributed by atoms with Gasteiger partial charge in [0.2, 0.25) is 0 Å². The molecule has 2 aromatic rings. The summed E-state index contributed by atoms with van der Waals surface area (Å²) in [6.07, 6.45) is 1.30. The molecule has 5 heteroatoms. The van der Waals surface area contributed by atoms with Gasteiger partial charge in [-0.1, -0.05) is 36.4 Å². The fraction of sp³-hybridized carbons (Fsp3) is 0.458. The number of ether oxygens (including phenoxy) is 1. The summed E-state index contributed by atoms with van der Waals surface area (Å²) in [5.41, 5.74) is 3.89. The number of unbranched alkanes of at least 4 members (excludes halogenated alkanes) is 1. The number of rotatable bonds is 10. The van der Waals surface area contributed by atoms with Crippen LogP contribution in [0.1, 0.15) is 29.5 Å². The summed E-state index contributed by atoms with van der Waals surface area (Å²) in [4.78, 5) is 4.92. The van der Waals surface area contributed by atoms with Crippen LogP contribution in [0.2, 0.25) is 0 Å². The highest BCUT2D eigenvalue weighted by molar-refractivity contribution is 5.28. The van der Waals surface area contributed by atoms with Crippen LogP contribution in [0.15, 0.2) is 48.5 Å². The molecule has 1 aliphatic rings. The Balaban J connectivity index is 1.39. The normalized spacial score (nSPS) is 15.2. The van der Waals surface area contributed by atoms with Gasteiger partial charge in [0.15, 0.2) is 0 Å². The summed E-state index contributed by atoms with van der Waals surface area (Å²) in [5.74, 6) is 0.871. The van der Waals surface area contributed by atoms with E-state index in [0.29, 0.717) is 13.0 Å². The molecule has 0 atom stereocenters. The topological polar surface area (TPSA) is 51.5 Å². The lowest BCUT2D eigenvalue weighted by atomic mass is 10.1. The van der Waals surface area contributed by atoms with Crippen molar-refractivity contribution >= 4 is 0 Å². The van der Waals surface area contributed by atoms with Gasteiger partial charge in [-0.05, 0) is 42.3 Å². The van der Waals surface area contributed by atoms with Gasteiger partial charge in [0, 0.05) is 52.2 Å². The summed E-state index contributed by atoms with van der Waals surface area (Å²) in [7, 11) is 2.19. The molecular weight excluding hydrogens is 360 g/mol. The quantitative estimate of drug-likeness (QED) is 0.628. The number of nitriles is 1. The Morgan fingerprint density at radius 3 is 2.45 bits per heavy atom. The molecule has 0 saturated carbocycles. The van der Waals surface area contributed by atoms with Crippen molar-refractivity contribution in [2.24, 2.45) is 0 Å². The Morgan fingerprint density at radius 2 is 1.69 bits per heavy atom. The first-order valence-electron chi connectivity index (χ1n) is 10.5. The standard InChI is InChI=1S/C24H32N4O/c1-27-12-14-28(15-13-27)20-22-9-7-21(8-10-22)18-26-19-23-5-4-6-24(17-23)29-16-3-2-11-25/h4-10,17,26H,2-3,12-16,18-20H2,1H3. The molecule has 0 radical (unpaired) electrons. The Kier molecular flexibility index (Phi) is 8.51. The third kappa shape index (κ3) is 7.51. The summed E-state index contributed by atoms with van der Waals surface area (Å²) in [6.45, 7) is 7.91. The number of piperazine rings is 1. The van der Waals surface area contributed by atoms with Gasteiger partial charge >= 0.3 is 0 Å². The maximum atomic E-state index is 8.58. The second kappa shape index (κ2) is 11.6. The molecule has 29 heavy (non-hydrogen) atoms. The van der Waals surface area contributed by atoms with Crippen LogP contribution in [0.3, 0.4) is 0 Å². The molecule has 0 bridgehead atoms. The Hall–Kier alpha value is -2.39. The highest BCUT2D eigenvalue weighted by atomic mass is 16.5. The third-order valence-corrected chi connectivity index (χ3v) is 5.28. The van der Waals surface area contributed by atoms with Crippen LogP contribution >= 0.6 is 0 Å². The largest absolute Gasteiger partial charge is 0.494 e. The molecule has 3 rings (SSSR count). The first kappa shape index (κ1) is 21.3. The molecule has 0 aromatic heterocycles. The van der Waals surface area contributed by atoms with Gasteiger partial charge in [-0.2, -0.15) is 5.26 Å². The van der Waals surface area contributed by atoms with Crippen LogP contribution < -0.4 is 10.1 Å². The van der Waals surface area contributed by atoms with E-state index in [1.54, 1.807) is 0 Å². The van der Waals surface area contributed by atoms with Crippen LogP contribution in [0.25, 0.3) is 0 Å². The highest BCUT2D eigenvalue weighted by Gasteiger charge is 2.13. The molecule has 1 aliphatic heterocycles. The second-order valence-corrected chi connectivity index (χ2v) is 7.76. The molecule has 0 aliphatic carbocycles. The van der Waals surface area contributed by atoms with Crippen molar-refractivity contribution in [3.05, 3.63) is 65.2 Å². The third-order valence-electron chi connectivity index (χ3n) is 5.28. The lowest BCUT2D eigenvalue weighted by Gasteiger charge is -2.32. The lowest BCUT2D eigenvalue weighted by Crippen LogP contribution is -2.43. The zero-order valence-corrected chi connectivity index (χ0v) is 17.4. The minimum atomic E-state index is 0.537. The van der Waals surface area contributed by atoms with Crippen molar-refractivity contribution in [2.45, 2.75) is 32.5 Å². The van der Waals surface area contributed by atoms with Gasteiger partial charge in [-0.15, -0.1) is 0 Å². The Morgan fingerprint density at radius 1 is 0.966 bits per heavy atom. The molecule has 0 spiro atoms. The van der Waals surface area contributed by atoms with Gasteiger partial charge in [0.25, 0.3) is 0 Å². The van der Waals surface area contributed by atoms with E-state index in [2.05, 4.69) is 64.6 Å². The van der Waals surface area contributed by atoms with Crippen molar-refractivity contribution in [3.8, 4) is 11.8 Å². The monoisotopic (exact) mass is 392 g/mol. The van der Waals surface area contributed by atoms with Crippen LogP contribution in [0.5, 0.6) is 5.75 Å². The van der Waals surface area contributed by atoms with Gasteiger partial charge in [-0.3, -0.25) is 4.90 Å². The molecule has 1 fully saturated rings. The maximum absolute atomic E-state index is 8.58. The van der Waals surface area contributed by atoms with Gasteiger partial charge in [-0.25, -0.2) is 0 Å². The molecule has 1 saturated heterocycles. The summed E-state index contributed by atoms with van der Waals surface area (Å²) in [6, 6.07) is 19.3. The van der Waals surface area contributed by atoms with E-state index in [-0.39, 0.29) is 0 Å². The number of hydrogen-bond acceptors (Lipinski definition) is 5. The van der Waals surface area contributed by atoms with Crippen molar-refractivity contribution in [2.75, 3.05) is 39.8 Å². The minimum Gasteiger partial charge on any atom is -0.494 e. The van der Waals surface area contributed by atoms with Gasteiger partial charge in [0.05, 0.1) is 12.7 Å². The molecule has 1 heterocycles. The molecule has 5 nitrogen and oxygen atoms in total. The van der Waals surface area contributed by atoms with E-state index in [1.165, 1.54) is 16.7 Å². The van der Waals surface area contributed by atoms with Crippen molar-refractivity contribution in [1.29, 1.82) is 5.26 Å². The van der Waals surface area contributed by atoms with Crippen LogP contribution in [-0.4, -0.2) is 49.6 Å². The van der Waals surface area contributed by atoms with Gasteiger partial charge < -0.3 is 15.0 Å². The average Bonchev–Trinajstić information content (AvgIpc) is 2.74. The second-order valence-electron chi connectivity index (χ2n) is 7.76. The van der Waals surface area contributed by atoms with Crippen LogP contribution in [-0.2, 0) is 19.6 Å². The van der Waals surface area contributed by atoms with Crippen molar-refractivity contribution in [1.82, 2.24) is 15.1 Å². The van der Waals surface area contributed by atoms with Gasteiger partial charge in [0.1, 0.15) is 5.75 Å². The van der Waals surface area contributed by atoms with E-state index in [1.807, 2.05) is 12.1 Å². The zero-order valence-electron chi connectivity index (χ0n) is 17.4. The van der Waals surface area contributed by atoms with E-state index in [0.717, 1.165) is 58.0 Å². The van der Waals surface area contributed by atoms with E-state index < -0.39 is 0 Å². The molecule has 1 N–H and O–H groups in total. The van der Waals surface area contributed by atoms with E-state index >= 15 is 0 Å². The molecule has 0 unspecified atom stereocenters. The minimum absolute atomic E-state index is 0.537. The van der Waals surface area contributed by atoms with E-state index in [9.17, 15) is 0 Å². The van der Waals surface area contributed by atoms with E-state index in [4.69, 9.17) is 10.00 Å². The number of benzene rings is 2. The maximum Gasteiger partial charge on any atom is 0.119 e. The summed E-state index contributed by atoms with van der Waals surface area (Å²) in [5, 5.41) is 12.1. The molecule has 0 amide bonds. The smallest absolute Gasteiger partial charge is 0.119 e. The summed E-state index contributed by atoms with van der Waals surface area (Å²) < 4.78 is 5.71. The zero-order chi connectivity index (χ0) is 20.3. The van der Waals surface area contributed by atoms with Crippen LogP contribution in [0.4, 0.5) is 0 Å². The molecule has 2 aromatic carbocycles. The first-order chi connectivity index (χ1) is 14.2. The predicted molar refractivity (Wildman–Crippen MR) is 117 cm³/mol. The fourth-order valence-corrected chi connectivity index (χ4v) is 3.46. The average molecular weight is 393 g/mol. The molecular formula is C24H32N4O. The predicted octanol–water partition coefficient (Wildman–Crippen LogP) is 3.41. The SMILES string of the molecule is CN1CCN(Cc2ccc(CNCc3cccc(OCCCC#N)c3)cc2)CC1. The van der Waals surface area contributed by atoms with Crippen LogP contribution in [0, 0.1) is 11.3 Å². The van der Waals surface area contributed by atoms with Crippen molar-refractivity contribution in [3.63, 3.8) is 0 Å². The summed E-state index contributed by atoms with van der Waals surface area (Å²) >= 11 is 0. The lowest BCUT2D eigenvalue weighted by molar-refractivity contribution is 0.148. The first-order valence-corrected chi connectivity index (χ1v) is 10.5. The highest BCUT2D eigenvalue weighted by Crippen LogP contribution is 2.14. The number of nitrogens with zero attached hydrogens (tertiary/aromatic N) is 3. The van der Waals surface area contributed by atoms with Crippen molar-refractivity contribution < 1.29 is 4.74 Å². The number of likely N-dealkylation sites (N-methyl/N-ethyl adjacent to an activating group) is 1. The fourth-order valence-electron chi connectivity index (χ4n) is 3.46. The Bertz CT molecular complexity index is 776.